The number of hydrogen-bond donors (Lipinski definition) is 0. The number of nitrogens with zero attached hydrogens (tertiary/aromatic N) is 2. The molecule has 0 bridgehead atoms. The Bertz CT molecular complexity index is 1270. The number of ether oxygens (including phenoxy) is 1. The van der Waals surface area contributed by atoms with E-state index in [1.807, 2.05) is 18.3 Å². The van der Waals surface area contributed by atoms with Crippen molar-refractivity contribution in [2.75, 3.05) is 0 Å². The summed E-state index contributed by atoms with van der Waals surface area (Å²) in [6, 6.07) is 29.2. The average molecular weight is 363 g/mol. The minimum Gasteiger partial charge on any atom is -0.403 e. The summed E-state index contributed by atoms with van der Waals surface area (Å²) >= 11 is 0. The molecule has 0 saturated heterocycles. The van der Waals surface area contributed by atoms with Crippen molar-refractivity contribution in [3.05, 3.63) is 109 Å². The van der Waals surface area contributed by atoms with E-state index in [4.69, 9.17) is 4.74 Å². The molecule has 0 saturated carbocycles. The molecule has 134 valence electrons. The van der Waals surface area contributed by atoms with Gasteiger partial charge in [-0.05, 0) is 22.2 Å². The molecule has 0 radical (unpaired) electrons. The Morgan fingerprint density at radius 1 is 0.750 bits per heavy atom. The van der Waals surface area contributed by atoms with Crippen LogP contribution in [0, 0.1) is 0 Å². The third-order valence-electron chi connectivity index (χ3n) is 4.94. The third-order valence-corrected chi connectivity index (χ3v) is 4.94. The molecule has 0 fully saturated rings. The first kappa shape index (κ1) is 16.5. The van der Waals surface area contributed by atoms with Crippen LogP contribution >= 0.6 is 0 Å². The summed E-state index contributed by atoms with van der Waals surface area (Å²) in [5.41, 5.74) is 1.21. The van der Waals surface area contributed by atoms with Gasteiger partial charge in [-0.25, -0.2) is 4.98 Å². The fraction of sp³-hybridized carbons (Fsp3) is 0.0400. The topological polar surface area (TPSA) is 26.0 Å². The quantitative estimate of drug-likeness (QED) is 0.310. The highest BCUT2D eigenvalue weighted by Crippen LogP contribution is 2.35. The predicted octanol–water partition coefficient (Wildman–Crippen LogP) is 5.52. The monoisotopic (exact) mass is 363 g/mol. The summed E-state index contributed by atoms with van der Waals surface area (Å²) < 4.78 is 8.48. The van der Waals surface area contributed by atoms with Gasteiger partial charge in [-0.2, -0.15) is 4.57 Å². The molecule has 5 rings (SSSR count). The van der Waals surface area contributed by atoms with Crippen LogP contribution in [0.4, 0.5) is 0 Å². The van der Waals surface area contributed by atoms with Crippen LogP contribution in [0.3, 0.4) is 0 Å². The van der Waals surface area contributed by atoms with E-state index in [0.717, 1.165) is 23.1 Å². The van der Waals surface area contributed by atoms with E-state index >= 15 is 0 Å². The molecule has 4 aromatic carbocycles. The van der Waals surface area contributed by atoms with E-state index in [1.54, 1.807) is 12.4 Å². The lowest BCUT2D eigenvalue weighted by Crippen LogP contribution is -2.35. The molecule has 0 aliphatic heterocycles. The highest BCUT2D eigenvalue weighted by Gasteiger charge is 2.16. The summed E-state index contributed by atoms with van der Waals surface area (Å²) in [7, 11) is 0. The zero-order valence-electron chi connectivity index (χ0n) is 15.3. The van der Waals surface area contributed by atoms with E-state index in [1.165, 1.54) is 16.3 Å². The SMILES string of the molecule is c1ccc(C[n+]2ccncc2Oc2cc3ccccc3c3ccccc23)cc1. The molecule has 0 atom stereocenters. The van der Waals surface area contributed by atoms with Gasteiger partial charge in [-0.15, -0.1) is 0 Å². The molecule has 0 N–H and O–H groups in total. The Hall–Kier alpha value is -3.72. The molecule has 3 nitrogen and oxygen atoms in total. The van der Waals surface area contributed by atoms with Gasteiger partial charge in [0.2, 0.25) is 0 Å². The van der Waals surface area contributed by atoms with Crippen molar-refractivity contribution in [3.63, 3.8) is 0 Å². The van der Waals surface area contributed by atoms with Crippen molar-refractivity contribution in [3.8, 4) is 11.6 Å². The molecule has 5 aromatic rings. The molecular formula is C25H19N2O+. The van der Waals surface area contributed by atoms with Gasteiger partial charge < -0.3 is 4.74 Å². The molecule has 0 unspecified atom stereocenters. The number of hydrogen-bond acceptors (Lipinski definition) is 2. The van der Waals surface area contributed by atoms with E-state index in [-0.39, 0.29) is 0 Å². The second-order valence-corrected chi connectivity index (χ2v) is 6.77. The largest absolute Gasteiger partial charge is 0.403 e. The molecule has 0 amide bonds. The summed E-state index contributed by atoms with van der Waals surface area (Å²) in [4.78, 5) is 4.28. The molecule has 0 aliphatic rings. The van der Waals surface area contributed by atoms with Crippen LogP contribution < -0.4 is 9.30 Å². The summed E-state index contributed by atoms with van der Waals surface area (Å²) in [6.45, 7) is 0.726. The van der Waals surface area contributed by atoms with Crippen molar-refractivity contribution in [2.24, 2.45) is 0 Å². The summed E-state index contributed by atoms with van der Waals surface area (Å²) in [5.74, 6) is 1.55. The average Bonchev–Trinajstić information content (AvgIpc) is 2.76. The smallest absolute Gasteiger partial charge is 0.392 e. The van der Waals surface area contributed by atoms with Gasteiger partial charge in [0.25, 0.3) is 0 Å². The second kappa shape index (κ2) is 7.12. The molecular weight excluding hydrogens is 344 g/mol. The van der Waals surface area contributed by atoms with Crippen LogP contribution in [0.1, 0.15) is 5.56 Å². The molecule has 0 aliphatic carbocycles. The first-order valence-electron chi connectivity index (χ1n) is 9.34. The summed E-state index contributed by atoms with van der Waals surface area (Å²) in [5, 5.41) is 4.67. The van der Waals surface area contributed by atoms with Crippen molar-refractivity contribution < 1.29 is 9.30 Å². The van der Waals surface area contributed by atoms with E-state index in [9.17, 15) is 0 Å². The lowest BCUT2D eigenvalue weighted by molar-refractivity contribution is -0.692. The van der Waals surface area contributed by atoms with Crippen molar-refractivity contribution in [2.45, 2.75) is 6.54 Å². The fourth-order valence-electron chi connectivity index (χ4n) is 3.59. The number of rotatable bonds is 4. The van der Waals surface area contributed by atoms with Crippen LogP contribution in [0.15, 0.2) is 104 Å². The Balaban J connectivity index is 1.61. The van der Waals surface area contributed by atoms with Gasteiger partial charge in [0.1, 0.15) is 11.9 Å². The summed E-state index contributed by atoms with van der Waals surface area (Å²) in [6.07, 6.45) is 5.51. The molecule has 1 heterocycles. The van der Waals surface area contributed by atoms with Crippen molar-refractivity contribution in [1.29, 1.82) is 0 Å². The van der Waals surface area contributed by atoms with Gasteiger partial charge in [-0.1, -0.05) is 78.9 Å². The van der Waals surface area contributed by atoms with Crippen LogP contribution in [0.5, 0.6) is 11.6 Å². The van der Waals surface area contributed by atoms with Gasteiger partial charge in [0.05, 0.1) is 6.20 Å². The Kier molecular flexibility index (Phi) is 4.19. The highest BCUT2D eigenvalue weighted by molar-refractivity contribution is 6.10. The van der Waals surface area contributed by atoms with Gasteiger partial charge >= 0.3 is 5.88 Å². The van der Waals surface area contributed by atoms with Crippen LogP contribution in [-0.2, 0) is 6.54 Å². The lowest BCUT2D eigenvalue weighted by atomic mass is 10.0. The fourth-order valence-corrected chi connectivity index (χ4v) is 3.59. The minimum atomic E-state index is 0.715. The number of fused-ring (bicyclic) bond motifs is 3. The molecule has 1 aromatic heterocycles. The number of benzene rings is 4. The van der Waals surface area contributed by atoms with Gasteiger partial charge in [-0.3, -0.25) is 0 Å². The Morgan fingerprint density at radius 2 is 1.46 bits per heavy atom. The first-order chi connectivity index (χ1) is 13.9. The molecule has 3 heteroatoms. The van der Waals surface area contributed by atoms with E-state index < -0.39 is 0 Å². The first-order valence-corrected chi connectivity index (χ1v) is 9.34. The standard InChI is InChI=1S/C25H19N2O/c1-2-8-19(9-3-1)18-27-15-14-26-17-25(27)28-24-16-20-10-4-5-11-21(20)22-12-6-7-13-23(22)24/h1-17H,18H2/q+1. The minimum absolute atomic E-state index is 0.715. The maximum absolute atomic E-state index is 6.40. The van der Waals surface area contributed by atoms with Crippen molar-refractivity contribution in [1.82, 2.24) is 4.98 Å². The Morgan fingerprint density at radius 3 is 2.32 bits per heavy atom. The lowest BCUT2D eigenvalue weighted by Gasteiger charge is -2.11. The van der Waals surface area contributed by atoms with Gasteiger partial charge in [0, 0.05) is 10.9 Å². The maximum atomic E-state index is 6.40. The van der Waals surface area contributed by atoms with Gasteiger partial charge in [0.15, 0.2) is 12.7 Å². The number of aromatic nitrogens is 2. The third kappa shape index (κ3) is 3.08. The molecule has 0 spiro atoms. The van der Waals surface area contributed by atoms with Crippen LogP contribution in [0.25, 0.3) is 21.5 Å². The predicted molar refractivity (Wildman–Crippen MR) is 112 cm³/mol. The molecule has 28 heavy (non-hydrogen) atoms. The maximum Gasteiger partial charge on any atom is 0.392 e. The zero-order chi connectivity index (χ0) is 18.8. The normalized spacial score (nSPS) is 11.0. The highest BCUT2D eigenvalue weighted by atomic mass is 16.5. The second-order valence-electron chi connectivity index (χ2n) is 6.77. The van der Waals surface area contributed by atoms with E-state index in [0.29, 0.717) is 5.88 Å². The van der Waals surface area contributed by atoms with Crippen molar-refractivity contribution >= 4 is 21.5 Å². The van der Waals surface area contributed by atoms with Crippen LogP contribution in [-0.4, -0.2) is 4.98 Å². The Labute approximate surface area is 163 Å². The van der Waals surface area contributed by atoms with Crippen LogP contribution in [0.2, 0.25) is 0 Å². The van der Waals surface area contributed by atoms with E-state index in [2.05, 4.69) is 82.3 Å². The zero-order valence-corrected chi connectivity index (χ0v) is 15.3.